The standard InChI is InChI=1S/C22H27NO5S/c1-15(2)22(17-6-9-19-20(14-17)28-12-11-27-19)23-21(24)10-13-29(25,26)18-7-4-16(3)5-8-18/h4-9,14-15,22H,10-13H2,1-3H3,(H,23,24)/t22-/m0/s1. The number of hydrogen-bond donors (Lipinski definition) is 1. The van der Waals surface area contributed by atoms with Crippen LogP contribution in [0.15, 0.2) is 47.4 Å². The lowest BCUT2D eigenvalue weighted by atomic mass is 9.95. The molecule has 0 bridgehead atoms. The third-order valence-corrected chi connectivity index (χ3v) is 6.62. The Morgan fingerprint density at radius 3 is 2.34 bits per heavy atom. The molecule has 1 N–H and O–H groups in total. The van der Waals surface area contributed by atoms with Gasteiger partial charge in [-0.15, -0.1) is 0 Å². The fourth-order valence-corrected chi connectivity index (χ4v) is 4.47. The Kier molecular flexibility index (Phi) is 6.47. The third kappa shape index (κ3) is 5.29. The highest BCUT2D eigenvalue weighted by Gasteiger charge is 2.23. The number of carbonyl (C=O) groups excluding carboxylic acids is 1. The summed E-state index contributed by atoms with van der Waals surface area (Å²) in [6, 6.07) is 12.0. The van der Waals surface area contributed by atoms with Gasteiger partial charge in [0.25, 0.3) is 0 Å². The van der Waals surface area contributed by atoms with Crippen molar-refractivity contribution in [2.75, 3.05) is 19.0 Å². The molecule has 1 aliphatic rings. The van der Waals surface area contributed by atoms with E-state index in [1.54, 1.807) is 24.3 Å². The van der Waals surface area contributed by atoms with Gasteiger partial charge in [-0.1, -0.05) is 37.6 Å². The lowest BCUT2D eigenvalue weighted by molar-refractivity contribution is -0.121. The number of aryl methyl sites for hydroxylation is 1. The Labute approximate surface area is 172 Å². The van der Waals surface area contributed by atoms with E-state index in [-0.39, 0.29) is 34.9 Å². The lowest BCUT2D eigenvalue weighted by Crippen LogP contribution is -2.33. The second kappa shape index (κ2) is 8.86. The van der Waals surface area contributed by atoms with Crippen molar-refractivity contribution in [3.63, 3.8) is 0 Å². The molecule has 0 spiro atoms. The molecule has 2 aromatic carbocycles. The zero-order valence-corrected chi connectivity index (χ0v) is 17.8. The van der Waals surface area contributed by atoms with Crippen LogP contribution < -0.4 is 14.8 Å². The molecule has 2 aromatic rings. The van der Waals surface area contributed by atoms with Gasteiger partial charge in [0.15, 0.2) is 21.3 Å². The highest BCUT2D eigenvalue weighted by molar-refractivity contribution is 7.91. The largest absolute Gasteiger partial charge is 0.486 e. The fourth-order valence-electron chi connectivity index (χ4n) is 3.22. The maximum Gasteiger partial charge on any atom is 0.221 e. The molecule has 0 fully saturated rings. The summed E-state index contributed by atoms with van der Waals surface area (Å²) in [6.45, 7) is 6.92. The van der Waals surface area contributed by atoms with Crippen molar-refractivity contribution in [3.8, 4) is 11.5 Å². The summed E-state index contributed by atoms with van der Waals surface area (Å²) in [7, 11) is -3.50. The highest BCUT2D eigenvalue weighted by Crippen LogP contribution is 2.34. The van der Waals surface area contributed by atoms with Crippen molar-refractivity contribution in [2.24, 2.45) is 5.92 Å². The van der Waals surface area contributed by atoms with Crippen LogP contribution in [0.5, 0.6) is 11.5 Å². The quantitative estimate of drug-likeness (QED) is 0.746. The van der Waals surface area contributed by atoms with Crippen molar-refractivity contribution in [3.05, 3.63) is 53.6 Å². The van der Waals surface area contributed by atoms with Gasteiger partial charge in [0.1, 0.15) is 13.2 Å². The molecule has 1 amide bonds. The predicted octanol–water partition coefficient (Wildman–Crippen LogP) is 3.44. The number of amides is 1. The summed E-state index contributed by atoms with van der Waals surface area (Å²) >= 11 is 0. The SMILES string of the molecule is Cc1ccc(S(=O)(=O)CCC(=O)N[C@H](c2ccc3c(c2)OCCO3)C(C)C)cc1. The molecule has 156 valence electrons. The lowest BCUT2D eigenvalue weighted by Gasteiger charge is -2.25. The number of hydrogen-bond acceptors (Lipinski definition) is 5. The van der Waals surface area contributed by atoms with E-state index in [9.17, 15) is 13.2 Å². The summed E-state index contributed by atoms with van der Waals surface area (Å²) in [5.41, 5.74) is 1.89. The van der Waals surface area contributed by atoms with Crippen molar-refractivity contribution < 1.29 is 22.7 Å². The Morgan fingerprint density at radius 1 is 1.03 bits per heavy atom. The Hall–Kier alpha value is -2.54. The molecule has 6 nitrogen and oxygen atoms in total. The van der Waals surface area contributed by atoms with Gasteiger partial charge in [0.2, 0.25) is 5.91 Å². The van der Waals surface area contributed by atoms with Gasteiger partial charge in [-0.2, -0.15) is 0 Å². The molecular formula is C22H27NO5S. The minimum Gasteiger partial charge on any atom is -0.486 e. The second-order valence-electron chi connectivity index (χ2n) is 7.57. The minimum atomic E-state index is -3.50. The monoisotopic (exact) mass is 417 g/mol. The van der Waals surface area contributed by atoms with Crippen molar-refractivity contribution in [1.82, 2.24) is 5.32 Å². The van der Waals surface area contributed by atoms with Crippen LogP contribution in [0.3, 0.4) is 0 Å². The molecular weight excluding hydrogens is 390 g/mol. The van der Waals surface area contributed by atoms with Crippen LogP contribution in [0, 0.1) is 12.8 Å². The third-order valence-electron chi connectivity index (χ3n) is 4.89. The van der Waals surface area contributed by atoms with E-state index >= 15 is 0 Å². The Bertz CT molecular complexity index is 967. The normalized spacial score (nSPS) is 14.5. The van der Waals surface area contributed by atoms with E-state index in [1.807, 2.05) is 39.0 Å². The first-order chi connectivity index (χ1) is 13.8. The summed E-state index contributed by atoms with van der Waals surface area (Å²) in [4.78, 5) is 12.8. The van der Waals surface area contributed by atoms with Gasteiger partial charge in [-0.25, -0.2) is 8.42 Å². The summed E-state index contributed by atoms with van der Waals surface area (Å²) in [5, 5.41) is 2.97. The van der Waals surface area contributed by atoms with Crippen LogP contribution >= 0.6 is 0 Å². The predicted molar refractivity (Wildman–Crippen MR) is 111 cm³/mol. The van der Waals surface area contributed by atoms with Crippen LogP contribution in [0.1, 0.15) is 37.4 Å². The van der Waals surface area contributed by atoms with E-state index in [0.29, 0.717) is 24.7 Å². The Balaban J connectivity index is 1.66. The molecule has 1 heterocycles. The molecule has 1 atom stereocenters. The maximum atomic E-state index is 12.5. The van der Waals surface area contributed by atoms with Gasteiger partial charge < -0.3 is 14.8 Å². The van der Waals surface area contributed by atoms with Crippen LogP contribution in [-0.4, -0.2) is 33.3 Å². The van der Waals surface area contributed by atoms with Gasteiger partial charge in [0.05, 0.1) is 16.7 Å². The Morgan fingerprint density at radius 2 is 1.69 bits per heavy atom. The summed E-state index contributed by atoms with van der Waals surface area (Å²) in [6.07, 6.45) is -0.0933. The summed E-state index contributed by atoms with van der Waals surface area (Å²) < 4.78 is 36.2. The van der Waals surface area contributed by atoms with Crippen molar-refractivity contribution in [2.45, 2.75) is 38.1 Å². The van der Waals surface area contributed by atoms with Crippen molar-refractivity contribution in [1.29, 1.82) is 0 Å². The first kappa shape index (κ1) is 21.2. The number of rotatable bonds is 7. The molecule has 0 aliphatic carbocycles. The number of nitrogens with one attached hydrogen (secondary N) is 1. The van der Waals surface area contributed by atoms with Gasteiger partial charge >= 0.3 is 0 Å². The van der Waals surface area contributed by atoms with E-state index < -0.39 is 9.84 Å². The van der Waals surface area contributed by atoms with Crippen LogP contribution in [0.2, 0.25) is 0 Å². The van der Waals surface area contributed by atoms with Gasteiger partial charge in [-0.05, 0) is 42.7 Å². The summed E-state index contributed by atoms with van der Waals surface area (Å²) in [5.74, 6) is 0.950. The molecule has 0 unspecified atom stereocenters. The molecule has 0 saturated heterocycles. The van der Waals surface area contributed by atoms with Crippen LogP contribution in [0.4, 0.5) is 0 Å². The average Bonchev–Trinajstić information content (AvgIpc) is 2.70. The zero-order chi connectivity index (χ0) is 21.0. The maximum absolute atomic E-state index is 12.5. The molecule has 1 aliphatic heterocycles. The van der Waals surface area contributed by atoms with E-state index in [0.717, 1.165) is 11.1 Å². The topological polar surface area (TPSA) is 81.7 Å². The molecule has 7 heteroatoms. The van der Waals surface area contributed by atoms with Crippen LogP contribution in [0.25, 0.3) is 0 Å². The molecule has 29 heavy (non-hydrogen) atoms. The minimum absolute atomic E-state index is 0.0933. The first-order valence-electron chi connectivity index (χ1n) is 9.74. The van der Waals surface area contributed by atoms with Crippen molar-refractivity contribution >= 4 is 15.7 Å². The number of carbonyl (C=O) groups is 1. The molecule has 0 radical (unpaired) electrons. The van der Waals surface area contributed by atoms with Gasteiger partial charge in [0, 0.05) is 6.42 Å². The van der Waals surface area contributed by atoms with E-state index in [1.165, 1.54) is 0 Å². The second-order valence-corrected chi connectivity index (χ2v) is 9.68. The van der Waals surface area contributed by atoms with Crippen LogP contribution in [-0.2, 0) is 14.6 Å². The zero-order valence-electron chi connectivity index (χ0n) is 17.0. The van der Waals surface area contributed by atoms with Gasteiger partial charge in [-0.3, -0.25) is 4.79 Å². The number of ether oxygens (including phenoxy) is 2. The fraction of sp³-hybridized carbons (Fsp3) is 0.409. The number of benzene rings is 2. The van der Waals surface area contributed by atoms with E-state index in [4.69, 9.17) is 9.47 Å². The van der Waals surface area contributed by atoms with E-state index in [2.05, 4.69) is 5.32 Å². The smallest absolute Gasteiger partial charge is 0.221 e. The number of sulfone groups is 1. The average molecular weight is 418 g/mol. The molecule has 0 saturated carbocycles. The number of fused-ring (bicyclic) bond motifs is 1. The molecule has 3 rings (SSSR count). The first-order valence-corrected chi connectivity index (χ1v) is 11.4. The highest BCUT2D eigenvalue weighted by atomic mass is 32.2. The molecule has 0 aromatic heterocycles.